The summed E-state index contributed by atoms with van der Waals surface area (Å²) in [5, 5.41) is 4.11. The summed E-state index contributed by atoms with van der Waals surface area (Å²) < 4.78 is 5.09. The highest BCUT2D eigenvalue weighted by atomic mass is 32.1. The predicted molar refractivity (Wildman–Crippen MR) is 55.4 cm³/mol. The van der Waals surface area contributed by atoms with Crippen LogP contribution in [-0.2, 0) is 6.54 Å². The minimum Gasteiger partial charge on any atom is -0.448 e. The van der Waals surface area contributed by atoms with Gasteiger partial charge in [-0.05, 0) is 13.8 Å². The molecule has 2 rings (SSSR count). The van der Waals surface area contributed by atoms with Crippen LogP contribution in [0.3, 0.4) is 0 Å². The van der Waals surface area contributed by atoms with E-state index in [0.29, 0.717) is 6.54 Å². The highest BCUT2D eigenvalue weighted by molar-refractivity contribution is 7.15. The maximum absolute atomic E-state index is 5.09. The summed E-state index contributed by atoms with van der Waals surface area (Å²) in [6.07, 6.45) is 3.31. The second-order valence-corrected chi connectivity index (χ2v) is 4.22. The van der Waals surface area contributed by atoms with Gasteiger partial charge >= 0.3 is 0 Å². The number of oxazole rings is 1. The van der Waals surface area contributed by atoms with E-state index < -0.39 is 0 Å². The first kappa shape index (κ1) is 9.21. The van der Waals surface area contributed by atoms with Gasteiger partial charge in [-0.15, -0.1) is 11.3 Å². The molecule has 5 heteroatoms. The highest BCUT2D eigenvalue weighted by Gasteiger charge is 2.03. The lowest BCUT2D eigenvalue weighted by atomic mass is 10.4. The summed E-state index contributed by atoms with van der Waals surface area (Å²) >= 11 is 1.63. The van der Waals surface area contributed by atoms with Gasteiger partial charge in [-0.1, -0.05) is 0 Å². The molecule has 14 heavy (non-hydrogen) atoms. The van der Waals surface area contributed by atoms with Gasteiger partial charge in [0.2, 0.25) is 0 Å². The average Bonchev–Trinajstić information content (AvgIpc) is 2.72. The molecular formula is C9H11N3OS. The summed E-state index contributed by atoms with van der Waals surface area (Å²) in [5.41, 5.74) is 0.929. The second kappa shape index (κ2) is 3.79. The number of thiazole rings is 1. The van der Waals surface area contributed by atoms with E-state index in [4.69, 9.17) is 4.42 Å². The second-order valence-electron chi connectivity index (χ2n) is 2.98. The van der Waals surface area contributed by atoms with Gasteiger partial charge in [0.05, 0.1) is 6.54 Å². The van der Waals surface area contributed by atoms with Gasteiger partial charge in [0.15, 0.2) is 11.5 Å². The third kappa shape index (κ3) is 1.93. The third-order valence-electron chi connectivity index (χ3n) is 1.87. The van der Waals surface area contributed by atoms with Crippen molar-refractivity contribution in [3.63, 3.8) is 0 Å². The van der Waals surface area contributed by atoms with Crippen molar-refractivity contribution < 1.29 is 4.42 Å². The maximum Gasteiger partial charge on any atom is 0.183 e. The lowest BCUT2D eigenvalue weighted by Crippen LogP contribution is -2.00. The molecule has 0 aromatic carbocycles. The Morgan fingerprint density at radius 2 is 2.29 bits per heavy atom. The number of anilines is 1. The number of hydrogen-bond donors (Lipinski definition) is 1. The fourth-order valence-electron chi connectivity index (χ4n) is 1.09. The Labute approximate surface area is 86.0 Å². The van der Waals surface area contributed by atoms with Gasteiger partial charge in [-0.3, -0.25) is 0 Å². The van der Waals surface area contributed by atoms with Gasteiger partial charge in [-0.25, -0.2) is 9.97 Å². The van der Waals surface area contributed by atoms with E-state index >= 15 is 0 Å². The molecular weight excluding hydrogens is 198 g/mol. The molecule has 0 atom stereocenters. The maximum atomic E-state index is 5.09. The zero-order chi connectivity index (χ0) is 9.97. The first-order valence-corrected chi connectivity index (χ1v) is 5.12. The molecule has 2 aromatic rings. The molecule has 2 aromatic heterocycles. The van der Waals surface area contributed by atoms with Crippen LogP contribution >= 0.6 is 11.3 Å². The number of aryl methyl sites for hydroxylation is 2. The quantitative estimate of drug-likeness (QED) is 0.843. The molecule has 0 amide bonds. The van der Waals surface area contributed by atoms with Crippen molar-refractivity contribution in [1.82, 2.24) is 9.97 Å². The van der Waals surface area contributed by atoms with Gasteiger partial charge in [0, 0.05) is 11.1 Å². The van der Waals surface area contributed by atoms with Gasteiger partial charge < -0.3 is 9.73 Å². The molecule has 0 unspecified atom stereocenters. The Balaban J connectivity index is 1.98. The van der Waals surface area contributed by atoms with E-state index in [-0.39, 0.29) is 0 Å². The number of rotatable bonds is 3. The lowest BCUT2D eigenvalue weighted by Gasteiger charge is -1.98. The van der Waals surface area contributed by atoms with Gasteiger partial charge in [0.25, 0.3) is 0 Å². The van der Waals surface area contributed by atoms with Crippen molar-refractivity contribution in [2.24, 2.45) is 0 Å². The summed E-state index contributed by atoms with van der Waals surface area (Å²) in [5.74, 6) is 0.853. The Hall–Kier alpha value is -1.36. The Morgan fingerprint density at radius 3 is 2.86 bits per heavy atom. The van der Waals surface area contributed by atoms with Crippen molar-refractivity contribution in [2.45, 2.75) is 20.4 Å². The van der Waals surface area contributed by atoms with E-state index in [9.17, 15) is 0 Å². The van der Waals surface area contributed by atoms with E-state index in [1.54, 1.807) is 11.3 Å². The van der Waals surface area contributed by atoms with Crippen molar-refractivity contribution in [2.75, 3.05) is 5.32 Å². The summed E-state index contributed by atoms with van der Waals surface area (Å²) in [6, 6.07) is 0. The molecule has 0 bridgehead atoms. The number of hydrogen-bond acceptors (Lipinski definition) is 5. The van der Waals surface area contributed by atoms with Crippen LogP contribution in [0.15, 0.2) is 17.0 Å². The highest BCUT2D eigenvalue weighted by Crippen LogP contribution is 2.17. The van der Waals surface area contributed by atoms with E-state index in [1.807, 2.05) is 20.0 Å². The van der Waals surface area contributed by atoms with E-state index in [0.717, 1.165) is 16.6 Å². The molecule has 0 spiro atoms. The van der Waals surface area contributed by atoms with Crippen LogP contribution in [0.1, 0.15) is 16.3 Å². The predicted octanol–water partition coefficient (Wildman–Crippen LogP) is 2.36. The van der Waals surface area contributed by atoms with Crippen LogP contribution in [0, 0.1) is 13.8 Å². The van der Waals surface area contributed by atoms with E-state index in [1.165, 1.54) is 11.3 Å². The zero-order valence-corrected chi connectivity index (χ0v) is 8.89. The van der Waals surface area contributed by atoms with Crippen molar-refractivity contribution in [1.29, 1.82) is 0 Å². The molecule has 74 valence electrons. The van der Waals surface area contributed by atoms with Gasteiger partial charge in [-0.2, -0.15) is 0 Å². The fourth-order valence-corrected chi connectivity index (χ4v) is 1.75. The molecule has 1 N–H and O–H groups in total. The molecule has 0 saturated heterocycles. The minimum absolute atomic E-state index is 0.662. The third-order valence-corrected chi connectivity index (χ3v) is 2.74. The van der Waals surface area contributed by atoms with Crippen LogP contribution in [0.5, 0.6) is 0 Å². The topological polar surface area (TPSA) is 51.0 Å². The average molecular weight is 209 g/mol. The monoisotopic (exact) mass is 209 g/mol. The lowest BCUT2D eigenvalue weighted by molar-refractivity contribution is 0.524. The smallest absolute Gasteiger partial charge is 0.183 e. The van der Waals surface area contributed by atoms with Crippen LogP contribution in [0.2, 0.25) is 0 Å². The molecule has 2 heterocycles. The molecule has 4 nitrogen and oxygen atoms in total. The first-order chi connectivity index (χ1) is 6.75. The van der Waals surface area contributed by atoms with Crippen LogP contribution < -0.4 is 5.32 Å². The summed E-state index contributed by atoms with van der Waals surface area (Å²) in [6.45, 7) is 4.59. The minimum atomic E-state index is 0.662. The van der Waals surface area contributed by atoms with Crippen molar-refractivity contribution >= 4 is 16.5 Å². The number of nitrogens with zero attached hydrogens (tertiary/aromatic N) is 2. The molecule has 0 aliphatic heterocycles. The number of aromatic nitrogens is 2. The fraction of sp³-hybridized carbons (Fsp3) is 0.333. The molecule has 0 fully saturated rings. The molecule has 0 saturated carbocycles. The van der Waals surface area contributed by atoms with E-state index in [2.05, 4.69) is 15.3 Å². The van der Waals surface area contributed by atoms with Gasteiger partial charge in [0.1, 0.15) is 11.5 Å². The summed E-state index contributed by atoms with van der Waals surface area (Å²) in [7, 11) is 0. The van der Waals surface area contributed by atoms with Crippen LogP contribution in [0.25, 0.3) is 0 Å². The van der Waals surface area contributed by atoms with Crippen molar-refractivity contribution in [3.05, 3.63) is 28.9 Å². The Kier molecular flexibility index (Phi) is 2.49. The molecule has 0 radical (unpaired) electrons. The normalized spacial score (nSPS) is 10.4. The number of nitrogens with one attached hydrogen (secondary N) is 1. The van der Waals surface area contributed by atoms with Crippen LogP contribution in [-0.4, -0.2) is 9.97 Å². The molecule has 0 aliphatic rings. The Morgan fingerprint density at radius 1 is 1.43 bits per heavy atom. The van der Waals surface area contributed by atoms with Crippen molar-refractivity contribution in [3.8, 4) is 0 Å². The SMILES string of the molecule is Cc1cnc(NCc2ncoc2C)s1. The standard InChI is InChI=1S/C9H11N3OS/c1-6-3-10-9(14-6)11-4-8-7(2)13-5-12-8/h3,5H,4H2,1-2H3,(H,10,11). The summed E-state index contributed by atoms with van der Waals surface area (Å²) in [4.78, 5) is 9.48. The Bertz CT molecular complexity index is 421. The largest absolute Gasteiger partial charge is 0.448 e. The van der Waals surface area contributed by atoms with Crippen LogP contribution in [0.4, 0.5) is 5.13 Å². The molecule has 0 aliphatic carbocycles. The zero-order valence-electron chi connectivity index (χ0n) is 8.07. The first-order valence-electron chi connectivity index (χ1n) is 4.31.